The number of anilines is 1. The minimum absolute atomic E-state index is 0.258. The Kier molecular flexibility index (Phi) is 5.91. The molecule has 0 unspecified atom stereocenters. The van der Waals surface area contributed by atoms with Gasteiger partial charge in [0.15, 0.2) is 5.78 Å². The van der Waals surface area contributed by atoms with Crippen molar-refractivity contribution in [2.45, 2.75) is 25.7 Å². The minimum atomic E-state index is -0.952. The third-order valence-corrected chi connectivity index (χ3v) is 5.18. The molecule has 1 amide bonds. The van der Waals surface area contributed by atoms with Crippen LogP contribution in [0.3, 0.4) is 0 Å². The van der Waals surface area contributed by atoms with Crippen molar-refractivity contribution in [1.29, 1.82) is 0 Å². The van der Waals surface area contributed by atoms with Crippen molar-refractivity contribution < 1.29 is 19.5 Å². The summed E-state index contributed by atoms with van der Waals surface area (Å²) >= 11 is 6.06. The summed E-state index contributed by atoms with van der Waals surface area (Å²) in [5.74, 6) is -2.88. The number of ketones is 1. The van der Waals surface area contributed by atoms with E-state index >= 15 is 0 Å². The predicted octanol–water partition coefficient (Wildman–Crippen LogP) is 4.40. The molecule has 2 aromatic rings. The molecular formula is C21H20ClNO4. The van der Waals surface area contributed by atoms with Crippen LogP contribution in [0.4, 0.5) is 5.69 Å². The maximum atomic E-state index is 12.8. The van der Waals surface area contributed by atoms with Gasteiger partial charge in [0.05, 0.1) is 17.5 Å². The third kappa shape index (κ3) is 4.37. The highest BCUT2D eigenvalue weighted by molar-refractivity contribution is 6.31. The van der Waals surface area contributed by atoms with Crippen LogP contribution in [0.5, 0.6) is 0 Å². The maximum Gasteiger partial charge on any atom is 0.307 e. The van der Waals surface area contributed by atoms with E-state index in [-0.39, 0.29) is 17.3 Å². The Hall–Kier alpha value is -2.66. The number of amides is 1. The van der Waals surface area contributed by atoms with E-state index in [2.05, 4.69) is 5.32 Å². The van der Waals surface area contributed by atoms with Crippen LogP contribution >= 0.6 is 11.6 Å². The zero-order chi connectivity index (χ0) is 19.4. The topological polar surface area (TPSA) is 83.5 Å². The maximum absolute atomic E-state index is 12.8. The Morgan fingerprint density at radius 3 is 2.30 bits per heavy atom. The molecule has 0 heterocycles. The number of hydrogen-bond donors (Lipinski definition) is 2. The van der Waals surface area contributed by atoms with Crippen LogP contribution in [0.1, 0.15) is 41.6 Å². The summed E-state index contributed by atoms with van der Waals surface area (Å²) in [4.78, 5) is 37.1. The number of hydrogen-bond acceptors (Lipinski definition) is 3. The Labute approximate surface area is 162 Å². The first kappa shape index (κ1) is 19.1. The number of nitrogens with one attached hydrogen (secondary N) is 1. The van der Waals surface area contributed by atoms with Gasteiger partial charge < -0.3 is 10.4 Å². The Bertz CT molecular complexity index is 866. The number of carboxylic acids is 1. The Morgan fingerprint density at radius 1 is 0.963 bits per heavy atom. The quantitative estimate of drug-likeness (QED) is 0.747. The third-order valence-electron chi connectivity index (χ3n) is 4.94. The molecule has 27 heavy (non-hydrogen) atoms. The number of aliphatic carboxylic acids is 1. The van der Waals surface area contributed by atoms with Crippen molar-refractivity contribution in [2.24, 2.45) is 11.8 Å². The molecule has 0 saturated heterocycles. The molecule has 3 rings (SSSR count). The summed E-state index contributed by atoms with van der Waals surface area (Å²) in [6.45, 7) is 0. The van der Waals surface area contributed by atoms with Crippen molar-refractivity contribution in [1.82, 2.24) is 0 Å². The number of benzene rings is 2. The van der Waals surface area contributed by atoms with Crippen LogP contribution in [0.2, 0.25) is 5.02 Å². The molecule has 0 aliphatic heterocycles. The molecular weight excluding hydrogens is 366 g/mol. The highest BCUT2D eigenvalue weighted by Gasteiger charge is 2.36. The first-order valence-electron chi connectivity index (χ1n) is 8.90. The monoisotopic (exact) mass is 385 g/mol. The number of carboxylic acid groups (broad SMARTS) is 1. The van der Waals surface area contributed by atoms with Crippen molar-refractivity contribution in [3.63, 3.8) is 0 Å². The van der Waals surface area contributed by atoms with Gasteiger partial charge in [-0.25, -0.2) is 0 Å². The lowest BCUT2D eigenvalue weighted by molar-refractivity contribution is -0.147. The summed E-state index contributed by atoms with van der Waals surface area (Å²) in [5.41, 5.74) is 1.11. The van der Waals surface area contributed by atoms with Crippen molar-refractivity contribution >= 4 is 34.9 Å². The van der Waals surface area contributed by atoms with E-state index in [1.807, 2.05) is 6.07 Å². The molecule has 2 atom stereocenters. The van der Waals surface area contributed by atoms with E-state index in [1.54, 1.807) is 36.4 Å². The standard InChI is InChI=1S/C21H20ClNO4/c22-14-10-11-18(17(12-14)19(24)13-6-2-1-3-7-13)23-20(25)15-8-4-5-9-16(15)21(26)27/h1-3,6-7,10-12,15-16H,4-5,8-9H2,(H,23,25)(H,26,27)/t15-,16+/m1/s1. The largest absolute Gasteiger partial charge is 0.481 e. The lowest BCUT2D eigenvalue weighted by Gasteiger charge is -2.27. The summed E-state index contributed by atoms with van der Waals surface area (Å²) in [6.07, 6.45) is 2.64. The van der Waals surface area contributed by atoms with Gasteiger partial charge in [0.1, 0.15) is 0 Å². The van der Waals surface area contributed by atoms with E-state index in [0.717, 1.165) is 12.8 Å². The molecule has 1 saturated carbocycles. The van der Waals surface area contributed by atoms with Crippen LogP contribution in [0, 0.1) is 11.8 Å². The molecule has 6 heteroatoms. The highest BCUT2D eigenvalue weighted by atomic mass is 35.5. The zero-order valence-electron chi connectivity index (χ0n) is 14.7. The van der Waals surface area contributed by atoms with Gasteiger partial charge in [0.25, 0.3) is 0 Å². The molecule has 0 radical (unpaired) electrons. The second kappa shape index (κ2) is 8.35. The number of carbonyl (C=O) groups excluding carboxylic acids is 2. The fourth-order valence-corrected chi connectivity index (χ4v) is 3.70. The summed E-state index contributed by atoms with van der Waals surface area (Å²) in [5, 5.41) is 12.5. The van der Waals surface area contributed by atoms with E-state index in [0.29, 0.717) is 29.1 Å². The average Bonchev–Trinajstić information content (AvgIpc) is 2.69. The Balaban J connectivity index is 1.87. The fourth-order valence-electron chi connectivity index (χ4n) is 3.52. The van der Waals surface area contributed by atoms with Crippen LogP contribution in [0.25, 0.3) is 0 Å². The highest BCUT2D eigenvalue weighted by Crippen LogP contribution is 2.32. The van der Waals surface area contributed by atoms with Crippen molar-refractivity contribution in [3.8, 4) is 0 Å². The molecule has 0 aromatic heterocycles. The second-order valence-electron chi connectivity index (χ2n) is 6.71. The lowest BCUT2D eigenvalue weighted by Crippen LogP contribution is -2.36. The fraction of sp³-hybridized carbons (Fsp3) is 0.286. The van der Waals surface area contributed by atoms with Crippen LogP contribution in [0.15, 0.2) is 48.5 Å². The zero-order valence-corrected chi connectivity index (χ0v) is 15.4. The van der Waals surface area contributed by atoms with Crippen LogP contribution < -0.4 is 5.32 Å². The molecule has 0 spiro atoms. The van der Waals surface area contributed by atoms with Gasteiger partial charge in [-0.15, -0.1) is 0 Å². The average molecular weight is 386 g/mol. The number of carbonyl (C=O) groups is 3. The molecule has 1 aliphatic rings. The van der Waals surface area contributed by atoms with Gasteiger partial charge in [-0.05, 0) is 31.0 Å². The van der Waals surface area contributed by atoms with Crippen molar-refractivity contribution in [2.75, 3.05) is 5.32 Å². The van der Waals surface area contributed by atoms with E-state index in [1.165, 1.54) is 6.07 Å². The van der Waals surface area contributed by atoms with E-state index in [9.17, 15) is 19.5 Å². The second-order valence-corrected chi connectivity index (χ2v) is 7.15. The molecule has 1 fully saturated rings. The SMILES string of the molecule is O=C(c1ccccc1)c1cc(Cl)ccc1NC(=O)[C@@H]1CCCC[C@@H]1C(=O)O. The first-order valence-corrected chi connectivity index (χ1v) is 9.28. The van der Waals surface area contributed by atoms with E-state index in [4.69, 9.17) is 11.6 Å². The molecule has 5 nitrogen and oxygen atoms in total. The lowest BCUT2D eigenvalue weighted by atomic mass is 9.78. The molecule has 2 aromatic carbocycles. The molecule has 140 valence electrons. The van der Waals surface area contributed by atoms with Crippen LogP contribution in [-0.2, 0) is 9.59 Å². The van der Waals surface area contributed by atoms with Gasteiger partial charge >= 0.3 is 5.97 Å². The molecule has 1 aliphatic carbocycles. The van der Waals surface area contributed by atoms with E-state index < -0.39 is 17.8 Å². The van der Waals surface area contributed by atoms with Gasteiger partial charge in [-0.1, -0.05) is 54.8 Å². The molecule has 2 N–H and O–H groups in total. The Morgan fingerprint density at radius 2 is 1.63 bits per heavy atom. The summed E-state index contributed by atoms with van der Waals surface area (Å²) in [6, 6.07) is 13.4. The van der Waals surface area contributed by atoms with Crippen LogP contribution in [-0.4, -0.2) is 22.8 Å². The normalized spacial score (nSPS) is 19.3. The first-order chi connectivity index (χ1) is 13.0. The van der Waals surface area contributed by atoms with Gasteiger partial charge in [-0.2, -0.15) is 0 Å². The number of halogens is 1. The van der Waals surface area contributed by atoms with Gasteiger partial charge in [0, 0.05) is 16.1 Å². The summed E-state index contributed by atoms with van der Waals surface area (Å²) in [7, 11) is 0. The smallest absolute Gasteiger partial charge is 0.307 e. The van der Waals surface area contributed by atoms with Gasteiger partial charge in [0.2, 0.25) is 5.91 Å². The predicted molar refractivity (Wildman–Crippen MR) is 103 cm³/mol. The molecule has 0 bridgehead atoms. The van der Waals surface area contributed by atoms with Gasteiger partial charge in [-0.3, -0.25) is 14.4 Å². The minimum Gasteiger partial charge on any atom is -0.481 e. The van der Waals surface area contributed by atoms with Crippen molar-refractivity contribution in [3.05, 3.63) is 64.7 Å². The number of rotatable bonds is 5. The summed E-state index contributed by atoms with van der Waals surface area (Å²) < 4.78 is 0.